The van der Waals surface area contributed by atoms with Crippen LogP contribution in [0.15, 0.2) is 54.6 Å². The van der Waals surface area contributed by atoms with Gasteiger partial charge in [0.25, 0.3) is 5.91 Å². The molecule has 7 heteroatoms. The Bertz CT molecular complexity index is 1220. The van der Waals surface area contributed by atoms with Crippen LogP contribution in [-0.2, 0) is 6.54 Å². The number of carbonyl (C=O) groups excluding carboxylic acids is 1. The van der Waals surface area contributed by atoms with E-state index in [4.69, 9.17) is 28.2 Å². The van der Waals surface area contributed by atoms with Crippen molar-refractivity contribution >= 4 is 46.0 Å². The number of amides is 1. The Morgan fingerprint density at radius 3 is 2.48 bits per heavy atom. The second-order valence-electron chi connectivity index (χ2n) is 6.77. The maximum absolute atomic E-state index is 12.6. The molecule has 0 bridgehead atoms. The minimum atomic E-state index is -0.280. The van der Waals surface area contributed by atoms with E-state index >= 15 is 0 Å². The summed E-state index contributed by atoms with van der Waals surface area (Å²) in [7, 11) is 0. The molecule has 2 heterocycles. The van der Waals surface area contributed by atoms with Gasteiger partial charge in [0.1, 0.15) is 11.3 Å². The molecule has 0 spiro atoms. The van der Waals surface area contributed by atoms with Crippen molar-refractivity contribution in [2.24, 2.45) is 0 Å². The highest BCUT2D eigenvalue weighted by Gasteiger charge is 2.15. The molecular weight excluding hydrogens is 407 g/mol. The summed E-state index contributed by atoms with van der Waals surface area (Å²) in [6.07, 6.45) is 0. The SMILES string of the molecule is Cc1nc2c(cc1NC(=O)c1ccccc1Cl)nc(C)n2Cc1ccc(Cl)cc1. The summed E-state index contributed by atoms with van der Waals surface area (Å²) in [5.41, 5.74) is 4.32. The Morgan fingerprint density at radius 2 is 1.76 bits per heavy atom. The molecule has 0 saturated heterocycles. The van der Waals surface area contributed by atoms with E-state index in [1.165, 1.54) is 0 Å². The maximum atomic E-state index is 12.6. The summed E-state index contributed by atoms with van der Waals surface area (Å²) in [6, 6.07) is 16.5. The Kier molecular flexibility index (Phi) is 5.26. The molecule has 0 aliphatic carbocycles. The first-order chi connectivity index (χ1) is 13.9. The van der Waals surface area contributed by atoms with Crippen LogP contribution in [0.2, 0.25) is 10.0 Å². The second-order valence-corrected chi connectivity index (χ2v) is 7.61. The lowest BCUT2D eigenvalue weighted by atomic mass is 10.2. The topological polar surface area (TPSA) is 59.8 Å². The number of hydrogen-bond acceptors (Lipinski definition) is 3. The van der Waals surface area contributed by atoms with Crippen LogP contribution in [0.1, 0.15) is 27.4 Å². The molecule has 0 atom stereocenters. The van der Waals surface area contributed by atoms with E-state index in [0.29, 0.717) is 33.5 Å². The standard InChI is InChI=1S/C22H18Cl2N4O/c1-13-19(27-22(29)17-5-3-4-6-18(17)24)11-20-21(25-13)28(14(2)26-20)12-15-7-9-16(23)10-8-15/h3-11H,12H2,1-2H3,(H,27,29). The minimum absolute atomic E-state index is 0.280. The van der Waals surface area contributed by atoms with Crippen molar-refractivity contribution < 1.29 is 4.79 Å². The van der Waals surface area contributed by atoms with Crippen LogP contribution < -0.4 is 5.32 Å². The number of nitrogens with zero attached hydrogens (tertiary/aromatic N) is 3. The zero-order chi connectivity index (χ0) is 20.5. The Labute approximate surface area is 178 Å². The summed E-state index contributed by atoms with van der Waals surface area (Å²) in [5.74, 6) is 0.564. The number of anilines is 1. The lowest BCUT2D eigenvalue weighted by Gasteiger charge is -2.10. The van der Waals surface area contributed by atoms with Crippen molar-refractivity contribution in [3.05, 3.63) is 87.3 Å². The molecule has 0 unspecified atom stereocenters. The highest BCUT2D eigenvalue weighted by Crippen LogP contribution is 2.24. The number of aromatic nitrogens is 3. The van der Waals surface area contributed by atoms with Crippen LogP contribution in [0.4, 0.5) is 5.69 Å². The molecule has 0 fully saturated rings. The van der Waals surface area contributed by atoms with Gasteiger partial charge in [0.15, 0.2) is 5.65 Å². The number of carbonyl (C=O) groups is 1. The first-order valence-electron chi connectivity index (χ1n) is 9.07. The molecule has 4 rings (SSSR count). The quantitative estimate of drug-likeness (QED) is 0.459. The van der Waals surface area contributed by atoms with E-state index in [2.05, 4.69) is 10.3 Å². The molecule has 0 aliphatic rings. The van der Waals surface area contributed by atoms with Crippen LogP contribution >= 0.6 is 23.2 Å². The van der Waals surface area contributed by atoms with Gasteiger partial charge in [-0.1, -0.05) is 47.5 Å². The predicted molar refractivity (Wildman–Crippen MR) is 117 cm³/mol. The van der Waals surface area contributed by atoms with Gasteiger partial charge in [0.05, 0.1) is 28.5 Å². The average Bonchev–Trinajstić information content (AvgIpc) is 2.98. The predicted octanol–water partition coefficient (Wildman–Crippen LogP) is 5.66. The van der Waals surface area contributed by atoms with Crippen molar-refractivity contribution in [1.82, 2.24) is 14.5 Å². The molecule has 5 nitrogen and oxygen atoms in total. The second kappa shape index (κ2) is 7.85. The molecule has 146 valence electrons. The van der Waals surface area contributed by atoms with E-state index in [9.17, 15) is 4.79 Å². The van der Waals surface area contributed by atoms with Gasteiger partial charge in [-0.15, -0.1) is 0 Å². The third-order valence-corrected chi connectivity index (χ3v) is 5.30. The summed E-state index contributed by atoms with van der Waals surface area (Å²) in [6.45, 7) is 4.43. The van der Waals surface area contributed by atoms with Gasteiger partial charge >= 0.3 is 0 Å². The normalized spacial score (nSPS) is 11.0. The Morgan fingerprint density at radius 1 is 1.03 bits per heavy atom. The summed E-state index contributed by atoms with van der Waals surface area (Å²) >= 11 is 12.1. The van der Waals surface area contributed by atoms with Crippen molar-refractivity contribution in [2.45, 2.75) is 20.4 Å². The third kappa shape index (κ3) is 3.97. The van der Waals surface area contributed by atoms with E-state index < -0.39 is 0 Å². The van der Waals surface area contributed by atoms with E-state index in [0.717, 1.165) is 22.6 Å². The van der Waals surface area contributed by atoms with Crippen molar-refractivity contribution in [2.75, 3.05) is 5.32 Å². The van der Waals surface area contributed by atoms with Crippen LogP contribution in [0.25, 0.3) is 11.2 Å². The number of rotatable bonds is 4. The smallest absolute Gasteiger partial charge is 0.257 e. The number of benzene rings is 2. The van der Waals surface area contributed by atoms with Gasteiger partial charge in [-0.05, 0) is 49.7 Å². The fraction of sp³-hybridized carbons (Fsp3) is 0.136. The number of fused-ring (bicyclic) bond motifs is 1. The van der Waals surface area contributed by atoms with Crippen LogP contribution in [0.5, 0.6) is 0 Å². The Hall–Kier alpha value is -2.89. The van der Waals surface area contributed by atoms with E-state index in [1.807, 2.05) is 48.7 Å². The average molecular weight is 425 g/mol. The number of halogens is 2. The van der Waals surface area contributed by atoms with Crippen LogP contribution in [0.3, 0.4) is 0 Å². The fourth-order valence-electron chi connectivity index (χ4n) is 3.17. The molecule has 29 heavy (non-hydrogen) atoms. The highest BCUT2D eigenvalue weighted by molar-refractivity contribution is 6.34. The molecule has 0 saturated carbocycles. The molecule has 1 amide bonds. The van der Waals surface area contributed by atoms with Gasteiger partial charge in [-0.3, -0.25) is 4.79 Å². The molecule has 2 aromatic carbocycles. The summed E-state index contributed by atoms with van der Waals surface area (Å²) < 4.78 is 2.05. The molecular formula is C22H18Cl2N4O. The number of aryl methyl sites for hydroxylation is 2. The van der Waals surface area contributed by atoms with Gasteiger partial charge in [0.2, 0.25) is 0 Å². The number of hydrogen-bond donors (Lipinski definition) is 1. The van der Waals surface area contributed by atoms with Gasteiger partial charge in [-0.2, -0.15) is 0 Å². The van der Waals surface area contributed by atoms with E-state index in [1.54, 1.807) is 24.3 Å². The molecule has 0 radical (unpaired) electrons. The van der Waals surface area contributed by atoms with Crippen molar-refractivity contribution in [1.29, 1.82) is 0 Å². The maximum Gasteiger partial charge on any atom is 0.257 e. The monoisotopic (exact) mass is 424 g/mol. The van der Waals surface area contributed by atoms with Crippen LogP contribution in [-0.4, -0.2) is 20.4 Å². The zero-order valence-electron chi connectivity index (χ0n) is 15.9. The van der Waals surface area contributed by atoms with Crippen molar-refractivity contribution in [3.8, 4) is 0 Å². The molecule has 0 aliphatic heterocycles. The molecule has 2 aromatic heterocycles. The Balaban J connectivity index is 1.66. The third-order valence-electron chi connectivity index (χ3n) is 4.72. The van der Waals surface area contributed by atoms with Gasteiger partial charge in [-0.25, -0.2) is 9.97 Å². The first-order valence-corrected chi connectivity index (χ1v) is 9.83. The minimum Gasteiger partial charge on any atom is -0.320 e. The largest absolute Gasteiger partial charge is 0.320 e. The number of nitrogens with one attached hydrogen (secondary N) is 1. The van der Waals surface area contributed by atoms with E-state index in [-0.39, 0.29) is 5.91 Å². The number of imidazole rings is 1. The molecule has 4 aromatic rings. The molecule has 1 N–H and O–H groups in total. The van der Waals surface area contributed by atoms with Crippen molar-refractivity contribution in [3.63, 3.8) is 0 Å². The number of pyridine rings is 1. The zero-order valence-corrected chi connectivity index (χ0v) is 17.4. The summed E-state index contributed by atoms with van der Waals surface area (Å²) in [5, 5.41) is 4.00. The first kappa shape index (κ1) is 19.4. The summed E-state index contributed by atoms with van der Waals surface area (Å²) in [4.78, 5) is 21.9. The van der Waals surface area contributed by atoms with Gasteiger partial charge < -0.3 is 9.88 Å². The lowest BCUT2D eigenvalue weighted by Crippen LogP contribution is -2.14. The fourth-order valence-corrected chi connectivity index (χ4v) is 3.52. The van der Waals surface area contributed by atoms with Gasteiger partial charge in [0, 0.05) is 5.02 Å². The highest BCUT2D eigenvalue weighted by atomic mass is 35.5. The van der Waals surface area contributed by atoms with Crippen LogP contribution in [0, 0.1) is 13.8 Å². The lowest BCUT2D eigenvalue weighted by molar-refractivity contribution is 0.102.